The van der Waals surface area contributed by atoms with E-state index in [1.165, 1.54) is 0 Å². The van der Waals surface area contributed by atoms with Crippen molar-refractivity contribution in [3.05, 3.63) is 59.7 Å². The Kier molecular flexibility index (Phi) is 7.20. The van der Waals surface area contributed by atoms with Gasteiger partial charge in [0, 0.05) is 23.2 Å². The van der Waals surface area contributed by atoms with Gasteiger partial charge in [-0.25, -0.2) is 0 Å². The van der Waals surface area contributed by atoms with Gasteiger partial charge in [0.15, 0.2) is 5.78 Å². The van der Waals surface area contributed by atoms with Crippen LogP contribution >= 0.6 is 0 Å². The first-order valence-electron chi connectivity index (χ1n) is 8.81. The van der Waals surface area contributed by atoms with E-state index in [1.807, 2.05) is 6.92 Å². The fraction of sp³-hybridized carbons (Fsp3) is 0.333. The van der Waals surface area contributed by atoms with Crippen molar-refractivity contribution in [1.82, 2.24) is 0 Å². The highest BCUT2D eigenvalue weighted by atomic mass is 16.5. The molecule has 2 rings (SSSR count). The lowest BCUT2D eigenvalue weighted by Crippen LogP contribution is -2.12. The zero-order valence-corrected chi connectivity index (χ0v) is 14.9. The lowest BCUT2D eigenvalue weighted by Gasteiger charge is -2.08. The quantitative estimate of drug-likeness (QED) is 0.511. The van der Waals surface area contributed by atoms with E-state index in [9.17, 15) is 9.59 Å². The van der Waals surface area contributed by atoms with E-state index in [4.69, 9.17) is 4.74 Å². The summed E-state index contributed by atoms with van der Waals surface area (Å²) in [5.74, 6) is 0.704. The van der Waals surface area contributed by atoms with Gasteiger partial charge in [-0.1, -0.05) is 20.3 Å². The molecule has 1 N–H and O–H groups in total. The smallest absolute Gasteiger partial charge is 0.255 e. The fourth-order valence-corrected chi connectivity index (χ4v) is 2.35. The second-order valence-corrected chi connectivity index (χ2v) is 5.93. The first-order valence-corrected chi connectivity index (χ1v) is 8.81. The minimum absolute atomic E-state index is 0.124. The van der Waals surface area contributed by atoms with Crippen LogP contribution in [0.25, 0.3) is 0 Å². The van der Waals surface area contributed by atoms with Crippen LogP contribution in [0.3, 0.4) is 0 Å². The third kappa shape index (κ3) is 5.75. The van der Waals surface area contributed by atoms with Gasteiger partial charge in [-0.2, -0.15) is 0 Å². The van der Waals surface area contributed by atoms with Gasteiger partial charge in [0.25, 0.3) is 5.91 Å². The number of anilines is 1. The summed E-state index contributed by atoms with van der Waals surface area (Å²) in [5, 5.41) is 2.84. The number of amides is 1. The molecule has 25 heavy (non-hydrogen) atoms. The average molecular weight is 339 g/mol. The average Bonchev–Trinajstić information content (AvgIpc) is 2.63. The van der Waals surface area contributed by atoms with Crippen LogP contribution in [-0.4, -0.2) is 18.3 Å². The van der Waals surface area contributed by atoms with Crippen molar-refractivity contribution in [2.45, 2.75) is 39.5 Å². The van der Waals surface area contributed by atoms with E-state index in [0.717, 1.165) is 25.0 Å². The van der Waals surface area contributed by atoms with Crippen LogP contribution in [0, 0.1) is 0 Å². The normalized spacial score (nSPS) is 10.3. The number of nitrogens with one attached hydrogen (secondary N) is 1. The van der Waals surface area contributed by atoms with E-state index in [0.29, 0.717) is 29.8 Å². The fourth-order valence-electron chi connectivity index (χ4n) is 2.35. The van der Waals surface area contributed by atoms with Gasteiger partial charge in [-0.3, -0.25) is 9.59 Å². The Hall–Kier alpha value is -2.62. The van der Waals surface area contributed by atoms with Crippen LogP contribution < -0.4 is 10.1 Å². The molecular weight excluding hydrogens is 314 g/mol. The molecule has 0 saturated carbocycles. The van der Waals surface area contributed by atoms with Crippen LogP contribution in [-0.2, 0) is 0 Å². The van der Waals surface area contributed by atoms with E-state index < -0.39 is 0 Å². The van der Waals surface area contributed by atoms with Gasteiger partial charge in [0.1, 0.15) is 5.75 Å². The molecule has 0 aliphatic heterocycles. The van der Waals surface area contributed by atoms with Gasteiger partial charge >= 0.3 is 0 Å². The van der Waals surface area contributed by atoms with Crippen molar-refractivity contribution >= 4 is 17.4 Å². The zero-order chi connectivity index (χ0) is 18.1. The van der Waals surface area contributed by atoms with Gasteiger partial charge < -0.3 is 10.1 Å². The van der Waals surface area contributed by atoms with Crippen molar-refractivity contribution in [2.75, 3.05) is 11.9 Å². The number of unbranched alkanes of at least 4 members (excludes halogenated alkanes) is 1. The first kappa shape index (κ1) is 18.7. The number of Topliss-reactive ketones (excluding diaryl/α,β-unsaturated/α-hetero) is 1. The molecule has 0 bridgehead atoms. The Morgan fingerprint density at radius 2 is 1.52 bits per heavy atom. The number of ketones is 1. The van der Waals surface area contributed by atoms with Crippen molar-refractivity contribution in [3.8, 4) is 5.75 Å². The summed E-state index contributed by atoms with van der Waals surface area (Å²) in [5.41, 5.74) is 1.91. The monoisotopic (exact) mass is 339 g/mol. The van der Waals surface area contributed by atoms with Gasteiger partial charge in [-0.15, -0.1) is 0 Å². The maximum atomic E-state index is 12.3. The van der Waals surface area contributed by atoms with E-state index in [-0.39, 0.29) is 11.7 Å². The molecule has 0 heterocycles. The number of carbonyl (C=O) groups excluding carboxylic acids is 2. The molecule has 2 aromatic carbocycles. The molecule has 0 aromatic heterocycles. The predicted octanol–water partition coefficient (Wildman–Crippen LogP) is 5.10. The van der Waals surface area contributed by atoms with Crippen LogP contribution in [0.5, 0.6) is 5.75 Å². The molecule has 0 spiro atoms. The van der Waals surface area contributed by atoms with Crippen LogP contribution in [0.1, 0.15) is 60.2 Å². The van der Waals surface area contributed by atoms with Crippen molar-refractivity contribution in [1.29, 1.82) is 0 Å². The van der Waals surface area contributed by atoms with E-state index >= 15 is 0 Å². The second kappa shape index (κ2) is 9.62. The summed E-state index contributed by atoms with van der Waals surface area (Å²) in [6.07, 6.45) is 3.47. The maximum Gasteiger partial charge on any atom is 0.255 e. The molecule has 1 amide bonds. The van der Waals surface area contributed by atoms with Crippen LogP contribution in [0.4, 0.5) is 5.69 Å². The van der Waals surface area contributed by atoms with Crippen molar-refractivity contribution < 1.29 is 14.3 Å². The molecule has 0 fully saturated rings. The highest BCUT2D eigenvalue weighted by molar-refractivity contribution is 6.04. The largest absolute Gasteiger partial charge is 0.494 e. The lowest BCUT2D eigenvalue weighted by molar-refractivity contribution is 0.0980. The number of ether oxygens (including phenoxy) is 1. The number of benzene rings is 2. The SMILES string of the molecule is CCCCOc1ccc(C(=O)Nc2ccc(C(=O)CCC)cc2)cc1. The molecule has 132 valence electrons. The Labute approximate surface area is 149 Å². The van der Waals surface area contributed by atoms with Gasteiger partial charge in [0.05, 0.1) is 6.61 Å². The predicted molar refractivity (Wildman–Crippen MR) is 100 cm³/mol. The summed E-state index contributed by atoms with van der Waals surface area (Å²) in [6, 6.07) is 14.1. The highest BCUT2D eigenvalue weighted by Crippen LogP contribution is 2.16. The molecule has 0 radical (unpaired) electrons. The summed E-state index contributed by atoms with van der Waals surface area (Å²) in [6.45, 7) is 4.78. The molecule has 2 aromatic rings. The second-order valence-electron chi connectivity index (χ2n) is 5.93. The van der Waals surface area contributed by atoms with E-state index in [2.05, 4.69) is 12.2 Å². The summed E-state index contributed by atoms with van der Waals surface area (Å²) < 4.78 is 5.59. The molecule has 0 unspecified atom stereocenters. The molecule has 0 atom stereocenters. The van der Waals surface area contributed by atoms with Gasteiger partial charge in [0.2, 0.25) is 0 Å². The Bertz CT molecular complexity index is 690. The Morgan fingerprint density at radius 3 is 2.12 bits per heavy atom. The van der Waals surface area contributed by atoms with Gasteiger partial charge in [-0.05, 0) is 61.4 Å². The molecule has 0 saturated heterocycles. The minimum Gasteiger partial charge on any atom is -0.494 e. The molecule has 4 heteroatoms. The minimum atomic E-state index is -0.187. The summed E-state index contributed by atoms with van der Waals surface area (Å²) >= 11 is 0. The lowest BCUT2D eigenvalue weighted by atomic mass is 10.1. The number of hydrogen-bond donors (Lipinski definition) is 1. The zero-order valence-electron chi connectivity index (χ0n) is 14.9. The Balaban J connectivity index is 1.93. The highest BCUT2D eigenvalue weighted by Gasteiger charge is 2.08. The topological polar surface area (TPSA) is 55.4 Å². The molecular formula is C21H25NO3. The third-order valence-corrected chi connectivity index (χ3v) is 3.82. The standard InChI is InChI=1S/C21H25NO3/c1-3-5-15-25-19-13-9-17(10-14-19)21(24)22-18-11-7-16(8-12-18)20(23)6-4-2/h7-14H,3-6,15H2,1-2H3,(H,22,24). The third-order valence-electron chi connectivity index (χ3n) is 3.82. The van der Waals surface area contributed by atoms with E-state index in [1.54, 1.807) is 48.5 Å². The Morgan fingerprint density at radius 1 is 0.880 bits per heavy atom. The van der Waals surface area contributed by atoms with Crippen LogP contribution in [0.15, 0.2) is 48.5 Å². The maximum absolute atomic E-state index is 12.3. The molecule has 4 nitrogen and oxygen atoms in total. The number of rotatable bonds is 9. The van der Waals surface area contributed by atoms with Crippen molar-refractivity contribution in [2.24, 2.45) is 0 Å². The molecule has 0 aliphatic carbocycles. The van der Waals surface area contributed by atoms with Crippen molar-refractivity contribution in [3.63, 3.8) is 0 Å². The summed E-state index contributed by atoms with van der Waals surface area (Å²) in [4.78, 5) is 24.1. The van der Waals surface area contributed by atoms with Crippen LogP contribution in [0.2, 0.25) is 0 Å². The number of carbonyl (C=O) groups is 2. The first-order chi connectivity index (χ1) is 12.1. The number of hydrogen-bond acceptors (Lipinski definition) is 3. The molecule has 0 aliphatic rings. The summed E-state index contributed by atoms with van der Waals surface area (Å²) in [7, 11) is 0.